The summed E-state index contributed by atoms with van der Waals surface area (Å²) in [5.41, 5.74) is 0.693. The zero-order valence-electron chi connectivity index (χ0n) is 17.2. The molecule has 0 bridgehead atoms. The Morgan fingerprint density at radius 3 is 2.09 bits per heavy atom. The first kappa shape index (κ1) is 20.4. The van der Waals surface area contributed by atoms with Crippen LogP contribution in [-0.2, 0) is 10.3 Å². The molecule has 2 aliphatic heterocycles. The maximum absolute atomic E-state index is 12.9. The smallest absolute Gasteiger partial charge is 0.415 e. The fourth-order valence-electron chi connectivity index (χ4n) is 4.49. The van der Waals surface area contributed by atoms with Crippen LogP contribution in [0.4, 0.5) is 9.59 Å². The third kappa shape index (κ3) is 3.46. The van der Waals surface area contributed by atoms with E-state index in [1.54, 1.807) is 34.1 Å². The molecule has 2 fully saturated rings. The van der Waals surface area contributed by atoms with Gasteiger partial charge in [0, 0.05) is 35.8 Å². The van der Waals surface area contributed by atoms with Crippen molar-refractivity contribution in [3.8, 4) is 5.75 Å². The largest absolute Gasteiger partial charge is 0.431 e. The lowest BCUT2D eigenvalue weighted by Gasteiger charge is -2.41. The van der Waals surface area contributed by atoms with Crippen molar-refractivity contribution in [1.82, 2.24) is 9.80 Å². The molecule has 2 aliphatic rings. The fraction of sp³-hybridized carbons (Fsp3) is 0.200. The second-order valence-corrected chi connectivity index (χ2v) is 8.25. The number of halogens is 1. The van der Waals surface area contributed by atoms with Gasteiger partial charge in [-0.05, 0) is 24.3 Å². The van der Waals surface area contributed by atoms with Gasteiger partial charge in [-0.15, -0.1) is 0 Å². The van der Waals surface area contributed by atoms with Gasteiger partial charge in [0.25, 0.3) is 0 Å². The highest BCUT2D eigenvalue weighted by Gasteiger charge is 2.58. The minimum atomic E-state index is -1.03. The van der Waals surface area contributed by atoms with Gasteiger partial charge in [0.05, 0.1) is 0 Å². The van der Waals surface area contributed by atoms with Crippen LogP contribution < -0.4 is 4.74 Å². The molecule has 2 heterocycles. The predicted molar refractivity (Wildman–Crippen MR) is 120 cm³/mol. The molecule has 3 aromatic carbocycles. The number of nitrogens with zero attached hydrogens (tertiary/aromatic N) is 2. The van der Waals surface area contributed by atoms with Gasteiger partial charge >= 0.3 is 12.2 Å². The van der Waals surface area contributed by atoms with Crippen molar-refractivity contribution >= 4 is 23.8 Å². The average molecular weight is 449 g/mol. The molecular formula is C25H21ClN2O4. The predicted octanol–water partition coefficient (Wildman–Crippen LogP) is 4.92. The normalized spacial score (nSPS) is 19.3. The van der Waals surface area contributed by atoms with Crippen molar-refractivity contribution in [2.45, 2.75) is 11.6 Å². The van der Waals surface area contributed by atoms with E-state index in [0.29, 0.717) is 23.9 Å². The van der Waals surface area contributed by atoms with Gasteiger partial charge in [-0.1, -0.05) is 72.3 Å². The Kier molecular flexibility index (Phi) is 5.23. The van der Waals surface area contributed by atoms with Gasteiger partial charge in [-0.3, -0.25) is 4.90 Å². The maximum Gasteiger partial charge on any atom is 0.415 e. The first-order valence-corrected chi connectivity index (χ1v) is 10.8. The molecule has 2 saturated heterocycles. The summed E-state index contributed by atoms with van der Waals surface area (Å²) in [5.74, 6) is 0.415. The summed E-state index contributed by atoms with van der Waals surface area (Å²) in [7, 11) is 0. The zero-order chi connectivity index (χ0) is 22.1. The SMILES string of the molecule is O=C(Oc1ccc(Cl)cc1)N1CCN2C(=O)OC(c3ccccc3)(c3ccccc3)C2C1. The number of cyclic esters (lactones) is 1. The first-order valence-electron chi connectivity index (χ1n) is 10.4. The Bertz CT molecular complexity index is 1080. The van der Waals surface area contributed by atoms with E-state index in [9.17, 15) is 9.59 Å². The molecule has 2 amide bonds. The standard InChI is InChI=1S/C25H21ClN2O4/c26-20-11-13-21(14-12-20)31-23(29)27-15-16-28-22(17-27)25(32-24(28)30,18-7-3-1-4-8-18)19-9-5-2-6-10-19/h1-14,22H,15-17H2. The lowest BCUT2D eigenvalue weighted by Crippen LogP contribution is -2.58. The summed E-state index contributed by atoms with van der Waals surface area (Å²) in [6.45, 7) is 1.00. The summed E-state index contributed by atoms with van der Waals surface area (Å²) < 4.78 is 11.7. The van der Waals surface area contributed by atoms with Crippen LogP contribution >= 0.6 is 11.6 Å². The lowest BCUT2D eigenvalue weighted by atomic mass is 9.79. The van der Waals surface area contributed by atoms with Crippen molar-refractivity contribution < 1.29 is 19.1 Å². The number of fused-ring (bicyclic) bond motifs is 1. The molecule has 0 aliphatic carbocycles. The van der Waals surface area contributed by atoms with E-state index >= 15 is 0 Å². The molecule has 5 rings (SSSR count). The van der Waals surface area contributed by atoms with Crippen LogP contribution in [0.2, 0.25) is 5.02 Å². The van der Waals surface area contributed by atoms with Gasteiger partial charge in [0.15, 0.2) is 5.60 Å². The molecule has 0 spiro atoms. The van der Waals surface area contributed by atoms with E-state index in [1.807, 2.05) is 60.7 Å². The van der Waals surface area contributed by atoms with Crippen LogP contribution in [0.5, 0.6) is 5.75 Å². The highest BCUT2D eigenvalue weighted by molar-refractivity contribution is 6.30. The second kappa shape index (κ2) is 8.20. The lowest BCUT2D eigenvalue weighted by molar-refractivity contribution is 0.0456. The zero-order valence-corrected chi connectivity index (χ0v) is 17.9. The van der Waals surface area contributed by atoms with Gasteiger partial charge in [-0.2, -0.15) is 0 Å². The summed E-state index contributed by atoms with van der Waals surface area (Å²) in [6, 6.07) is 25.6. The van der Waals surface area contributed by atoms with E-state index in [4.69, 9.17) is 21.1 Å². The molecule has 0 saturated carbocycles. The van der Waals surface area contributed by atoms with Crippen molar-refractivity contribution in [1.29, 1.82) is 0 Å². The van der Waals surface area contributed by atoms with Gasteiger partial charge < -0.3 is 14.4 Å². The van der Waals surface area contributed by atoms with Crippen molar-refractivity contribution in [3.05, 3.63) is 101 Å². The third-order valence-electron chi connectivity index (χ3n) is 6.01. The monoisotopic (exact) mass is 448 g/mol. The molecule has 1 unspecified atom stereocenters. The highest BCUT2D eigenvalue weighted by Crippen LogP contribution is 2.45. The van der Waals surface area contributed by atoms with Crippen molar-refractivity contribution in [2.24, 2.45) is 0 Å². The molecule has 7 heteroatoms. The number of benzene rings is 3. The Morgan fingerprint density at radius 1 is 0.906 bits per heavy atom. The molecule has 6 nitrogen and oxygen atoms in total. The molecule has 0 radical (unpaired) electrons. The number of hydrogen-bond donors (Lipinski definition) is 0. The van der Waals surface area contributed by atoms with Crippen LogP contribution in [0.3, 0.4) is 0 Å². The van der Waals surface area contributed by atoms with E-state index < -0.39 is 17.7 Å². The average Bonchev–Trinajstić information content (AvgIpc) is 3.14. The Hall–Kier alpha value is -3.51. The van der Waals surface area contributed by atoms with Crippen LogP contribution in [0.25, 0.3) is 0 Å². The maximum atomic E-state index is 12.9. The minimum absolute atomic E-state index is 0.280. The van der Waals surface area contributed by atoms with Crippen LogP contribution in [-0.4, -0.2) is 47.7 Å². The van der Waals surface area contributed by atoms with E-state index in [2.05, 4.69) is 0 Å². The minimum Gasteiger partial charge on any atom is -0.431 e. The van der Waals surface area contributed by atoms with Crippen LogP contribution in [0, 0.1) is 0 Å². The van der Waals surface area contributed by atoms with E-state index in [1.165, 1.54) is 0 Å². The summed E-state index contributed by atoms with van der Waals surface area (Å²) >= 11 is 5.92. The number of piperazine rings is 1. The number of amides is 2. The van der Waals surface area contributed by atoms with Gasteiger partial charge in [0.2, 0.25) is 0 Å². The molecule has 0 N–H and O–H groups in total. The third-order valence-corrected chi connectivity index (χ3v) is 6.27. The Labute approximate surface area is 190 Å². The Morgan fingerprint density at radius 2 is 1.50 bits per heavy atom. The summed E-state index contributed by atoms with van der Waals surface area (Å²) in [5, 5.41) is 0.565. The van der Waals surface area contributed by atoms with Crippen molar-refractivity contribution in [3.63, 3.8) is 0 Å². The van der Waals surface area contributed by atoms with Crippen molar-refractivity contribution in [2.75, 3.05) is 19.6 Å². The van der Waals surface area contributed by atoms with Crippen LogP contribution in [0.1, 0.15) is 11.1 Å². The van der Waals surface area contributed by atoms with E-state index in [0.717, 1.165) is 11.1 Å². The molecule has 32 heavy (non-hydrogen) atoms. The Balaban J connectivity index is 1.49. The number of hydrogen-bond acceptors (Lipinski definition) is 4. The first-order chi connectivity index (χ1) is 15.6. The van der Waals surface area contributed by atoms with E-state index in [-0.39, 0.29) is 12.6 Å². The number of carbonyl (C=O) groups excluding carboxylic acids is 2. The number of carbonyl (C=O) groups is 2. The van der Waals surface area contributed by atoms with Gasteiger partial charge in [0.1, 0.15) is 11.8 Å². The highest BCUT2D eigenvalue weighted by atomic mass is 35.5. The number of ether oxygens (including phenoxy) is 2. The van der Waals surface area contributed by atoms with Gasteiger partial charge in [-0.25, -0.2) is 9.59 Å². The van der Waals surface area contributed by atoms with Crippen LogP contribution in [0.15, 0.2) is 84.9 Å². The molecule has 0 aromatic heterocycles. The topological polar surface area (TPSA) is 59.1 Å². The fourth-order valence-corrected chi connectivity index (χ4v) is 4.61. The molecule has 1 atom stereocenters. The number of rotatable bonds is 3. The molecular weight excluding hydrogens is 428 g/mol. The quantitative estimate of drug-likeness (QED) is 0.570. The summed E-state index contributed by atoms with van der Waals surface area (Å²) in [4.78, 5) is 29.2. The molecule has 3 aromatic rings. The summed E-state index contributed by atoms with van der Waals surface area (Å²) in [6.07, 6.45) is -0.852. The molecule has 162 valence electrons. The second-order valence-electron chi connectivity index (χ2n) is 7.81.